The first kappa shape index (κ1) is 107. The van der Waals surface area contributed by atoms with E-state index in [1.807, 2.05) is 191 Å². The third kappa shape index (κ3) is 27.2. The maximum atomic E-state index is 13.1. The number of rotatable bonds is 26. The van der Waals surface area contributed by atoms with E-state index in [4.69, 9.17) is 20.6 Å². The number of hydrogen-bond acceptors (Lipinski definition) is 19. The molecule has 0 saturated heterocycles. The monoisotopic (exact) mass is 2240 g/mol. The molecule has 0 aliphatic heterocycles. The van der Waals surface area contributed by atoms with Gasteiger partial charge in [0.2, 0.25) is 0 Å². The van der Waals surface area contributed by atoms with E-state index in [1.165, 1.54) is 94.5 Å². The van der Waals surface area contributed by atoms with Crippen LogP contribution in [0.5, 0.6) is 0 Å². The Labute approximate surface area is 867 Å². The smallest absolute Gasteiger partial charge is 0.364 e. The fourth-order valence-electron chi connectivity index (χ4n) is 14.1. The Morgan fingerprint density at radius 1 is 0.331 bits per heavy atom. The highest BCUT2D eigenvalue weighted by atomic mass is 79.9. The van der Waals surface area contributed by atoms with Crippen LogP contribution < -0.4 is 28.3 Å². The van der Waals surface area contributed by atoms with E-state index in [0.717, 1.165) is 97.7 Å². The van der Waals surface area contributed by atoms with Gasteiger partial charge < -0.3 is 36.4 Å². The van der Waals surface area contributed by atoms with Crippen molar-refractivity contribution >= 4 is 144 Å². The van der Waals surface area contributed by atoms with Crippen molar-refractivity contribution < 1.29 is 90.3 Å². The number of nitrogens with one attached hydrogen (secondary N) is 6. The number of halogens is 9. The summed E-state index contributed by atoms with van der Waals surface area (Å²) in [5, 5.41) is 7.70. The molecule has 0 amide bonds. The summed E-state index contributed by atoms with van der Waals surface area (Å²) in [4.78, 5) is 5.26. The molecule has 20 rings (SSSR count). The number of thiophene rings is 2. The van der Waals surface area contributed by atoms with Gasteiger partial charge in [0.15, 0.2) is 5.76 Å². The molecule has 0 aliphatic carbocycles. The van der Waals surface area contributed by atoms with Crippen molar-refractivity contribution in [1.29, 1.82) is 0 Å². The van der Waals surface area contributed by atoms with Crippen molar-refractivity contribution in [3.63, 3.8) is 0 Å². The highest BCUT2D eigenvalue weighted by Gasteiger charge is 2.35. The van der Waals surface area contributed by atoms with Crippen LogP contribution in [0.3, 0.4) is 0 Å². The van der Waals surface area contributed by atoms with Crippen molar-refractivity contribution in [2.45, 2.75) is 61.1 Å². The minimum Gasteiger partial charge on any atom is -0.364 e. The van der Waals surface area contributed by atoms with Gasteiger partial charge in [0.1, 0.15) is 36.2 Å². The molecular formula is C102H82BrClF7N15O14S8. The van der Waals surface area contributed by atoms with Crippen LogP contribution in [0, 0.1) is 26.6 Å². The first-order chi connectivity index (χ1) is 70.5. The molecule has 9 aromatic carbocycles. The largest absolute Gasteiger partial charge is 0.416 e. The fraction of sp³-hybridized carbons (Fsp3) is 0.0490. The molecule has 11 aromatic heterocycles. The molecule has 0 bridgehead atoms. The number of anilines is 6. The van der Waals surface area contributed by atoms with Crippen LogP contribution in [0.1, 0.15) is 27.8 Å². The number of sulfonamides is 6. The van der Waals surface area contributed by atoms with Crippen LogP contribution >= 0.6 is 50.2 Å². The zero-order valence-corrected chi connectivity index (χ0v) is 86.0. The first-order valence-corrected chi connectivity index (χ1v) is 55.2. The average Bonchev–Trinajstić information content (AvgIpc) is 1.50. The summed E-state index contributed by atoms with van der Waals surface area (Å²) in [5.41, 5.74) is 6.73. The maximum Gasteiger partial charge on any atom is 0.416 e. The molecule has 0 unspecified atom stereocenters. The van der Waals surface area contributed by atoms with E-state index in [9.17, 15) is 81.2 Å². The molecule has 6 N–H and O–H groups in total. The van der Waals surface area contributed by atoms with Crippen molar-refractivity contribution in [3.8, 4) is 55.3 Å². The van der Waals surface area contributed by atoms with Crippen LogP contribution in [0.2, 0.25) is 5.15 Å². The molecule has 0 saturated carbocycles. The maximum absolute atomic E-state index is 13.1. The van der Waals surface area contributed by atoms with Gasteiger partial charge in [-0.05, 0) is 284 Å². The minimum atomic E-state index is -4.58. The second-order valence-corrected chi connectivity index (χ2v) is 45.7. The van der Waals surface area contributed by atoms with Crippen molar-refractivity contribution in [2.75, 3.05) is 28.3 Å². The first-order valence-electron chi connectivity index (χ1n) is 43.5. The number of benzene rings is 9. The number of aromatic nitrogens is 9. The Hall–Kier alpha value is -15.6. The number of para-hydroxylation sites is 4. The summed E-state index contributed by atoms with van der Waals surface area (Å²) in [6.45, 7) is 5.65. The van der Waals surface area contributed by atoms with Gasteiger partial charge in [-0.25, -0.2) is 59.9 Å². The molecule has 11 heterocycles. The Bertz CT molecular complexity index is 8490. The molecular weight excluding hydrogens is 2160 g/mol. The van der Waals surface area contributed by atoms with Crippen LogP contribution in [0.25, 0.3) is 55.3 Å². The van der Waals surface area contributed by atoms with Gasteiger partial charge in [-0.3, -0.25) is 28.3 Å². The quantitative estimate of drug-likeness (QED) is 0.0217. The van der Waals surface area contributed by atoms with E-state index in [2.05, 4.69) is 59.6 Å². The average molecular weight is 2250 g/mol. The number of nitrogens with zero attached hydrogens (tertiary/aromatic N) is 9. The van der Waals surface area contributed by atoms with Gasteiger partial charge >= 0.3 is 12.4 Å². The van der Waals surface area contributed by atoms with Crippen LogP contribution in [-0.4, -0.2) is 93.2 Å². The normalized spacial score (nSPS) is 11.7. The van der Waals surface area contributed by atoms with Gasteiger partial charge in [0.05, 0.1) is 114 Å². The van der Waals surface area contributed by atoms with E-state index in [-0.39, 0.29) is 50.2 Å². The summed E-state index contributed by atoms with van der Waals surface area (Å²) in [7, 11) is -23.0. The molecule has 0 spiro atoms. The Morgan fingerprint density at radius 2 is 0.662 bits per heavy atom. The molecule has 0 fully saturated rings. The molecule has 760 valence electrons. The molecule has 0 aliphatic rings. The number of hydrogen-bond donors (Lipinski definition) is 6. The molecule has 148 heavy (non-hydrogen) atoms. The van der Waals surface area contributed by atoms with E-state index in [0.29, 0.717) is 54.9 Å². The SMILES string of the molecule is Cc1ccc(-n2cccc2)c(NS(=O)(=O)c2ccc(-c3ccno3)s2)c1.Cc1ccc(-n2cccc2)c(NS(=O)(=O)c2ccc(-c3ccon3)s2)c1.Cc1ccc(S(=O)(=O)Nc2cc(C(F)(F)F)ccc2-n2cccc2)cc1.O=S(=O)(Nc1cc(C(F)(F)F)ccc1-n1cccc1)c1ccccc1.O=S(=O)(Nc1ccccc1-n1cccc1)c1ccc(F)cc1.O=S(=O)(Nc1ccccc1-n1cccc1)c1cnc(Cl)c(Br)c1. The molecule has 29 nitrogen and oxygen atoms in total. The Morgan fingerprint density at radius 3 is 1.04 bits per heavy atom. The van der Waals surface area contributed by atoms with Gasteiger partial charge in [-0.1, -0.05) is 94.2 Å². The third-order valence-corrected chi connectivity index (χ3v) is 33.7. The zero-order valence-electron chi connectivity index (χ0n) is 77.1. The second kappa shape index (κ2) is 46.0. The molecule has 0 radical (unpaired) electrons. The zero-order chi connectivity index (χ0) is 105. The van der Waals surface area contributed by atoms with Crippen molar-refractivity contribution in [3.05, 3.63) is 452 Å². The lowest BCUT2D eigenvalue weighted by Gasteiger charge is -2.16. The number of alkyl halides is 6. The Balaban J connectivity index is 0.000000133. The highest BCUT2D eigenvalue weighted by Crippen LogP contribution is 2.41. The summed E-state index contributed by atoms with van der Waals surface area (Å²) in [6, 6.07) is 82.7. The third-order valence-electron chi connectivity index (χ3n) is 21.2. The lowest BCUT2D eigenvalue weighted by molar-refractivity contribution is -0.138. The lowest BCUT2D eigenvalue weighted by atomic mass is 10.1. The topological polar surface area (TPSA) is 372 Å². The summed E-state index contributed by atoms with van der Waals surface area (Å²) in [5.74, 6) is 0.0618. The van der Waals surface area contributed by atoms with E-state index < -0.39 is 89.4 Å². The predicted octanol–water partition coefficient (Wildman–Crippen LogP) is 25.0. The highest BCUT2D eigenvalue weighted by molar-refractivity contribution is 9.10. The predicted molar refractivity (Wildman–Crippen MR) is 560 cm³/mol. The summed E-state index contributed by atoms with van der Waals surface area (Å²) in [6.07, 6.45) is 16.3. The Kier molecular flexibility index (Phi) is 33.2. The minimum absolute atomic E-state index is 0.0104. The molecule has 46 heteroatoms. The lowest BCUT2D eigenvalue weighted by Crippen LogP contribution is -2.16. The molecule has 0 atom stereocenters. The van der Waals surface area contributed by atoms with Crippen LogP contribution in [0.15, 0.2) is 450 Å². The van der Waals surface area contributed by atoms with Gasteiger partial charge in [0.25, 0.3) is 60.1 Å². The van der Waals surface area contributed by atoms with Crippen molar-refractivity contribution in [1.82, 2.24) is 42.7 Å². The summed E-state index contributed by atoms with van der Waals surface area (Å²) >= 11 is 11.3. The van der Waals surface area contributed by atoms with Gasteiger partial charge in [-0.15, -0.1) is 22.7 Å². The van der Waals surface area contributed by atoms with Gasteiger partial charge in [-0.2, -0.15) is 26.3 Å². The van der Waals surface area contributed by atoms with Crippen LogP contribution in [0.4, 0.5) is 64.9 Å². The van der Waals surface area contributed by atoms with Crippen LogP contribution in [-0.2, 0) is 72.5 Å². The standard InChI is InChI=1S/C18H15F3N2O2S.2C18H15N3O3S2.C17H13F3N2O2S.C16H13FN2O2S.C15H11BrClN3O2S/c1-13-4-7-15(8-5-13)26(24,25)22-16-12-14(18(19,20)21)6-9-17(16)23-10-2-3-11-23;1-13-4-5-15(21-10-2-3-11-21)14(12-13)20-26(22,23)18-7-6-17(25-18)16-8-9-19-24-16;1-13-4-5-16(21-9-2-3-10-21)15(12-13)20-26(22,23)18-7-6-17(25-18)14-8-11-24-19-14;18-17(19,20)13-8-9-16(22-10-4-5-11-22)15(12-13)21-25(23,24)14-6-2-1-3-7-14;17-13-7-9-14(10-8-13)22(20,21)18-15-5-1-2-6-16(15)19-11-3-4-12-19;16-12-9-11(10-18-15(12)17)23(21,22)19-13-5-1-2-6-14(13)20-7-3-4-8-20/h2-12,22H,1H3;2*2-12,20H,1H3;1-12,21H;1-12,18H;1-10,19H. The fourth-order valence-corrected chi connectivity index (χ4v) is 23.6. The second-order valence-electron chi connectivity index (χ2n) is 31.7. The van der Waals surface area contributed by atoms with E-state index >= 15 is 0 Å². The van der Waals surface area contributed by atoms with E-state index in [1.54, 1.807) is 135 Å². The van der Waals surface area contributed by atoms with Crippen molar-refractivity contribution in [2.24, 2.45) is 0 Å². The number of aryl methyl sites for hydroxylation is 3. The number of pyridine rings is 1. The van der Waals surface area contributed by atoms with Gasteiger partial charge in [0, 0.05) is 92.7 Å². The summed E-state index contributed by atoms with van der Waals surface area (Å²) < 4.78 is 279. The molecule has 20 aromatic rings.